The molecule has 0 bridgehead atoms. The number of hydrogen-bond donors (Lipinski definition) is 1. The molecule has 0 amide bonds. The smallest absolute Gasteiger partial charge is 0.151 e. The first kappa shape index (κ1) is 14.8. The van der Waals surface area contributed by atoms with Gasteiger partial charge < -0.3 is 5.73 Å². The van der Waals surface area contributed by atoms with Gasteiger partial charge in [-0.1, -0.05) is 17.7 Å². The number of halogens is 1. The molecule has 0 fully saturated rings. The van der Waals surface area contributed by atoms with Crippen molar-refractivity contribution in [3.63, 3.8) is 0 Å². The van der Waals surface area contributed by atoms with Gasteiger partial charge >= 0.3 is 0 Å². The third-order valence-corrected chi connectivity index (χ3v) is 4.46. The molecule has 0 spiro atoms. The molecule has 6 nitrogen and oxygen atoms in total. The Morgan fingerprint density at radius 3 is 2.96 bits per heavy atom. The van der Waals surface area contributed by atoms with E-state index in [9.17, 15) is 0 Å². The minimum absolute atomic E-state index is 0.511. The van der Waals surface area contributed by atoms with Crippen molar-refractivity contribution in [1.29, 1.82) is 0 Å². The molecule has 0 atom stereocenters. The second-order valence-electron chi connectivity index (χ2n) is 5.80. The summed E-state index contributed by atoms with van der Waals surface area (Å²) >= 11 is 6.22. The highest BCUT2D eigenvalue weighted by molar-refractivity contribution is 6.30. The summed E-state index contributed by atoms with van der Waals surface area (Å²) in [5.74, 6) is 1.34. The highest BCUT2D eigenvalue weighted by Crippen LogP contribution is 2.37. The van der Waals surface area contributed by atoms with Crippen molar-refractivity contribution in [3.8, 4) is 11.3 Å². The molecule has 0 saturated heterocycles. The molecule has 1 aromatic carbocycles. The van der Waals surface area contributed by atoms with Crippen LogP contribution in [0.25, 0.3) is 11.3 Å². The van der Waals surface area contributed by atoms with Crippen molar-refractivity contribution < 1.29 is 0 Å². The van der Waals surface area contributed by atoms with E-state index in [1.54, 1.807) is 6.08 Å². The van der Waals surface area contributed by atoms with Gasteiger partial charge in [-0.15, -0.1) is 0 Å². The van der Waals surface area contributed by atoms with Crippen molar-refractivity contribution in [1.82, 2.24) is 14.8 Å². The SMILES string of the molecule is Cc1ccc(Cl)cc1-c1c(N2CC=C3N=C(N)C=CN32)cnn1C. The number of aromatic nitrogens is 2. The van der Waals surface area contributed by atoms with Gasteiger partial charge in [-0.2, -0.15) is 5.10 Å². The van der Waals surface area contributed by atoms with E-state index in [1.165, 1.54) is 0 Å². The molecular formula is C17H17ClN6. The van der Waals surface area contributed by atoms with Crippen LogP contribution in [-0.2, 0) is 7.05 Å². The van der Waals surface area contributed by atoms with Gasteiger partial charge in [0.1, 0.15) is 11.5 Å². The Hall–Kier alpha value is -2.73. The van der Waals surface area contributed by atoms with Gasteiger partial charge in [-0.05, 0) is 36.8 Å². The lowest BCUT2D eigenvalue weighted by Gasteiger charge is -2.31. The summed E-state index contributed by atoms with van der Waals surface area (Å²) in [7, 11) is 1.94. The third-order valence-electron chi connectivity index (χ3n) is 4.22. The number of hydrazine groups is 1. The van der Waals surface area contributed by atoms with Gasteiger partial charge in [0.25, 0.3) is 0 Å². The largest absolute Gasteiger partial charge is 0.384 e. The molecule has 24 heavy (non-hydrogen) atoms. The van der Waals surface area contributed by atoms with E-state index in [0.29, 0.717) is 17.4 Å². The van der Waals surface area contributed by atoms with Gasteiger partial charge in [0.15, 0.2) is 5.82 Å². The average Bonchev–Trinajstić information content (AvgIpc) is 3.12. The fourth-order valence-electron chi connectivity index (χ4n) is 3.03. The van der Waals surface area contributed by atoms with E-state index in [4.69, 9.17) is 17.3 Å². The maximum Gasteiger partial charge on any atom is 0.151 e. The minimum atomic E-state index is 0.511. The summed E-state index contributed by atoms with van der Waals surface area (Å²) in [5.41, 5.74) is 10.0. The number of amidine groups is 1. The number of nitrogens with zero attached hydrogens (tertiary/aromatic N) is 5. The first-order chi connectivity index (χ1) is 11.5. The number of rotatable bonds is 2. The van der Waals surface area contributed by atoms with Crippen molar-refractivity contribution in [2.24, 2.45) is 17.8 Å². The van der Waals surface area contributed by atoms with Crippen molar-refractivity contribution in [3.05, 3.63) is 59.2 Å². The van der Waals surface area contributed by atoms with Gasteiger partial charge in [-0.25, -0.2) is 10.0 Å². The molecule has 2 aliphatic heterocycles. The van der Waals surface area contributed by atoms with Crippen LogP contribution in [0.1, 0.15) is 5.56 Å². The van der Waals surface area contributed by atoms with Crippen LogP contribution in [0.3, 0.4) is 0 Å². The summed E-state index contributed by atoms with van der Waals surface area (Å²) in [5, 5.41) is 9.26. The summed E-state index contributed by atoms with van der Waals surface area (Å²) in [6.07, 6.45) is 7.61. The molecule has 0 unspecified atom stereocenters. The second kappa shape index (κ2) is 5.42. The number of hydrogen-bond acceptors (Lipinski definition) is 5. The Balaban J connectivity index is 1.80. The van der Waals surface area contributed by atoms with Crippen LogP contribution in [0, 0.1) is 6.92 Å². The Morgan fingerprint density at radius 1 is 1.29 bits per heavy atom. The zero-order valence-electron chi connectivity index (χ0n) is 13.4. The van der Waals surface area contributed by atoms with Gasteiger partial charge in [0, 0.05) is 23.8 Å². The van der Waals surface area contributed by atoms with E-state index in [2.05, 4.69) is 22.0 Å². The Morgan fingerprint density at radius 2 is 2.12 bits per heavy atom. The lowest BCUT2D eigenvalue weighted by Crippen LogP contribution is -2.35. The lowest BCUT2D eigenvalue weighted by atomic mass is 10.0. The summed E-state index contributed by atoms with van der Waals surface area (Å²) in [6.45, 7) is 2.77. The first-order valence-corrected chi connectivity index (χ1v) is 8.00. The Labute approximate surface area is 145 Å². The number of benzene rings is 1. The van der Waals surface area contributed by atoms with E-state index in [-0.39, 0.29) is 0 Å². The predicted octanol–water partition coefficient (Wildman–Crippen LogP) is 2.81. The molecule has 2 aliphatic rings. The van der Waals surface area contributed by atoms with E-state index < -0.39 is 0 Å². The van der Waals surface area contributed by atoms with Crippen LogP contribution in [0.5, 0.6) is 0 Å². The third kappa shape index (κ3) is 2.27. The molecule has 7 heteroatoms. The van der Waals surface area contributed by atoms with Gasteiger partial charge in [-0.3, -0.25) is 9.69 Å². The monoisotopic (exact) mass is 340 g/mol. The highest BCUT2D eigenvalue weighted by atomic mass is 35.5. The second-order valence-corrected chi connectivity index (χ2v) is 6.24. The van der Waals surface area contributed by atoms with Crippen LogP contribution in [0.15, 0.2) is 53.6 Å². The number of aliphatic imine (C=N–C) groups is 1. The van der Waals surface area contributed by atoms with Gasteiger partial charge in [0.2, 0.25) is 0 Å². The molecule has 4 rings (SSSR count). The molecule has 1 aromatic heterocycles. The molecule has 3 heterocycles. The topological polar surface area (TPSA) is 62.7 Å². The highest BCUT2D eigenvalue weighted by Gasteiger charge is 2.28. The van der Waals surface area contributed by atoms with Crippen molar-refractivity contribution in [2.75, 3.05) is 11.6 Å². The molecular weight excluding hydrogens is 324 g/mol. The summed E-state index contributed by atoms with van der Waals surface area (Å²) in [6, 6.07) is 5.90. The predicted molar refractivity (Wildman–Crippen MR) is 96.4 cm³/mol. The molecule has 122 valence electrons. The quantitative estimate of drug-likeness (QED) is 0.913. The van der Waals surface area contributed by atoms with Crippen LogP contribution in [-0.4, -0.2) is 27.2 Å². The number of aryl methyl sites for hydroxylation is 2. The average molecular weight is 341 g/mol. The molecule has 0 radical (unpaired) electrons. The number of fused-ring (bicyclic) bond motifs is 1. The summed E-state index contributed by atoms with van der Waals surface area (Å²) < 4.78 is 1.87. The van der Waals surface area contributed by atoms with Crippen molar-refractivity contribution in [2.45, 2.75) is 6.92 Å². The van der Waals surface area contributed by atoms with E-state index in [0.717, 1.165) is 28.3 Å². The van der Waals surface area contributed by atoms with Crippen molar-refractivity contribution >= 4 is 23.1 Å². The fraction of sp³-hybridized carbons (Fsp3) is 0.176. The van der Waals surface area contributed by atoms with Crippen LogP contribution < -0.4 is 10.7 Å². The van der Waals surface area contributed by atoms with Crippen LogP contribution in [0.4, 0.5) is 5.69 Å². The molecule has 0 aliphatic carbocycles. The molecule has 2 N–H and O–H groups in total. The maximum absolute atomic E-state index is 6.22. The summed E-state index contributed by atoms with van der Waals surface area (Å²) in [4.78, 5) is 4.37. The number of anilines is 1. The minimum Gasteiger partial charge on any atom is -0.384 e. The number of nitrogens with two attached hydrogens (primary N) is 1. The zero-order valence-corrected chi connectivity index (χ0v) is 14.2. The lowest BCUT2D eigenvalue weighted by molar-refractivity contribution is 0.461. The fourth-order valence-corrected chi connectivity index (χ4v) is 3.21. The first-order valence-electron chi connectivity index (χ1n) is 7.62. The normalized spacial score (nSPS) is 16.3. The van der Waals surface area contributed by atoms with Crippen LogP contribution in [0.2, 0.25) is 5.02 Å². The molecule has 0 saturated carbocycles. The standard InChI is InChI=1S/C17H17ClN6/c1-11-3-4-12(18)9-13(11)17-14(10-20-22(17)2)23-8-6-16-21-15(19)5-7-24(16)23/h3-7,9-10H,8H2,1-2H3,(H2,19,21). The zero-order chi connectivity index (χ0) is 16.8. The van der Waals surface area contributed by atoms with E-state index in [1.807, 2.05) is 53.4 Å². The maximum atomic E-state index is 6.22. The van der Waals surface area contributed by atoms with Gasteiger partial charge in [0.05, 0.1) is 18.4 Å². The van der Waals surface area contributed by atoms with Crippen LogP contribution >= 0.6 is 11.6 Å². The van der Waals surface area contributed by atoms with E-state index >= 15 is 0 Å². The molecule has 2 aromatic rings. The Kier molecular flexibility index (Phi) is 3.35. The Bertz CT molecular complexity index is 908.